The van der Waals surface area contributed by atoms with Crippen LogP contribution in [0.1, 0.15) is 43.7 Å². The maximum absolute atomic E-state index is 12.8. The van der Waals surface area contributed by atoms with Gasteiger partial charge in [-0.05, 0) is 74.7 Å². The predicted molar refractivity (Wildman–Crippen MR) is 100 cm³/mol. The Labute approximate surface area is 155 Å². The number of nitrogens with two attached hydrogens (primary N) is 1. The second-order valence-corrected chi connectivity index (χ2v) is 8.43. The van der Waals surface area contributed by atoms with Crippen LogP contribution in [0.25, 0.3) is 0 Å². The molecule has 0 aromatic heterocycles. The van der Waals surface area contributed by atoms with Gasteiger partial charge in [0.1, 0.15) is 0 Å². The third-order valence-corrected chi connectivity index (χ3v) is 6.80. The molecule has 5 heteroatoms. The summed E-state index contributed by atoms with van der Waals surface area (Å²) in [5.74, 6) is 1.22. The lowest BCUT2D eigenvalue weighted by Crippen LogP contribution is -2.47. The first-order valence-corrected chi connectivity index (χ1v) is 10.0. The van der Waals surface area contributed by atoms with Crippen molar-refractivity contribution < 1.29 is 4.79 Å². The monoisotopic (exact) mass is 361 g/mol. The van der Waals surface area contributed by atoms with Crippen LogP contribution in [0.5, 0.6) is 0 Å². The summed E-state index contributed by atoms with van der Waals surface area (Å²) in [7, 11) is 0. The molecule has 2 bridgehead atoms. The molecular formula is C20H28ClN3O. The van der Waals surface area contributed by atoms with E-state index in [2.05, 4.69) is 16.3 Å². The van der Waals surface area contributed by atoms with Crippen LogP contribution in [0.2, 0.25) is 5.02 Å². The van der Waals surface area contributed by atoms with Crippen LogP contribution >= 0.6 is 11.6 Å². The first-order valence-electron chi connectivity index (χ1n) is 9.66. The van der Waals surface area contributed by atoms with Crippen LogP contribution in [-0.4, -0.2) is 36.5 Å². The molecule has 2 aliphatic carbocycles. The fourth-order valence-electron chi connectivity index (χ4n) is 5.26. The first kappa shape index (κ1) is 17.3. The van der Waals surface area contributed by atoms with E-state index in [-0.39, 0.29) is 23.9 Å². The molecule has 136 valence electrons. The molecule has 1 aromatic carbocycles. The van der Waals surface area contributed by atoms with E-state index < -0.39 is 0 Å². The van der Waals surface area contributed by atoms with E-state index in [4.69, 9.17) is 17.3 Å². The van der Waals surface area contributed by atoms with Crippen molar-refractivity contribution in [1.82, 2.24) is 10.2 Å². The lowest BCUT2D eigenvalue weighted by molar-refractivity contribution is -0.127. The lowest BCUT2D eigenvalue weighted by atomic mass is 9.84. The van der Waals surface area contributed by atoms with Crippen molar-refractivity contribution in [1.29, 1.82) is 0 Å². The van der Waals surface area contributed by atoms with Gasteiger partial charge in [0.15, 0.2) is 0 Å². The van der Waals surface area contributed by atoms with Gasteiger partial charge in [0, 0.05) is 17.6 Å². The smallest absolute Gasteiger partial charge is 0.225 e. The number of rotatable bonds is 5. The maximum Gasteiger partial charge on any atom is 0.225 e. The minimum absolute atomic E-state index is 0.0114. The fourth-order valence-corrected chi connectivity index (χ4v) is 5.46. The molecule has 3 fully saturated rings. The number of hydrogen-bond acceptors (Lipinski definition) is 3. The Kier molecular flexibility index (Phi) is 5.03. The number of fused-ring (bicyclic) bond motifs is 2. The van der Waals surface area contributed by atoms with Crippen molar-refractivity contribution in [2.24, 2.45) is 23.5 Å². The zero-order valence-corrected chi connectivity index (χ0v) is 15.4. The van der Waals surface area contributed by atoms with Gasteiger partial charge in [-0.15, -0.1) is 0 Å². The Morgan fingerprint density at radius 3 is 2.72 bits per heavy atom. The number of likely N-dealkylation sites (tertiary alicyclic amines) is 1. The topological polar surface area (TPSA) is 58.4 Å². The number of halogens is 1. The minimum atomic E-state index is 0.0114. The van der Waals surface area contributed by atoms with Gasteiger partial charge in [-0.25, -0.2) is 0 Å². The van der Waals surface area contributed by atoms with E-state index in [9.17, 15) is 4.79 Å². The predicted octanol–water partition coefficient (Wildman–Crippen LogP) is 2.97. The van der Waals surface area contributed by atoms with Crippen LogP contribution < -0.4 is 11.1 Å². The normalized spacial score (nSPS) is 32.9. The molecular weight excluding hydrogens is 334 g/mol. The van der Waals surface area contributed by atoms with Gasteiger partial charge >= 0.3 is 0 Å². The number of carbonyl (C=O) groups excluding carboxylic acids is 1. The van der Waals surface area contributed by atoms with E-state index in [0.717, 1.165) is 24.5 Å². The third-order valence-electron chi connectivity index (χ3n) is 6.57. The maximum atomic E-state index is 12.8. The van der Waals surface area contributed by atoms with Crippen LogP contribution in [-0.2, 0) is 4.79 Å². The first-order chi connectivity index (χ1) is 12.1. The van der Waals surface area contributed by atoms with Gasteiger partial charge in [0.05, 0.1) is 12.0 Å². The summed E-state index contributed by atoms with van der Waals surface area (Å²) in [6, 6.07) is 8.28. The largest absolute Gasteiger partial charge is 0.354 e. The van der Waals surface area contributed by atoms with Crippen molar-refractivity contribution >= 4 is 17.5 Å². The molecule has 1 saturated heterocycles. The van der Waals surface area contributed by atoms with Crippen LogP contribution in [0, 0.1) is 17.8 Å². The molecule has 25 heavy (non-hydrogen) atoms. The highest BCUT2D eigenvalue weighted by Gasteiger charge is 2.49. The molecule has 3 N–H and O–H groups in total. The summed E-state index contributed by atoms with van der Waals surface area (Å²) >= 11 is 6.20. The zero-order chi connectivity index (χ0) is 17.4. The van der Waals surface area contributed by atoms with Crippen molar-refractivity contribution in [2.75, 3.05) is 19.6 Å². The number of amides is 1. The van der Waals surface area contributed by atoms with Gasteiger partial charge < -0.3 is 11.1 Å². The average molecular weight is 362 g/mol. The van der Waals surface area contributed by atoms with Gasteiger partial charge in [-0.3, -0.25) is 9.69 Å². The Hall–Kier alpha value is -1.10. The molecule has 1 amide bonds. The van der Waals surface area contributed by atoms with Crippen molar-refractivity contribution in [2.45, 2.75) is 44.2 Å². The molecule has 4 nitrogen and oxygen atoms in total. The van der Waals surface area contributed by atoms with Crippen LogP contribution in [0.4, 0.5) is 0 Å². The highest BCUT2D eigenvalue weighted by Crippen LogP contribution is 2.47. The second kappa shape index (κ2) is 7.26. The molecule has 5 unspecified atom stereocenters. The van der Waals surface area contributed by atoms with E-state index in [1.807, 2.05) is 18.2 Å². The summed E-state index contributed by atoms with van der Waals surface area (Å²) in [6.45, 7) is 2.81. The summed E-state index contributed by atoms with van der Waals surface area (Å²) < 4.78 is 0. The van der Waals surface area contributed by atoms with E-state index in [0.29, 0.717) is 18.4 Å². The number of nitrogens with one attached hydrogen (secondary N) is 1. The lowest BCUT2D eigenvalue weighted by Gasteiger charge is -2.31. The Bertz CT molecular complexity index is 629. The SMILES string of the molecule is NC1C2CCC(C2)C1C(=O)NCC(c1cccc(Cl)c1)N1CCCC1. The number of nitrogens with zero attached hydrogens (tertiary/aromatic N) is 1. The molecule has 3 aliphatic rings. The number of carbonyl (C=O) groups is 1. The Balaban J connectivity index is 1.45. The molecule has 4 rings (SSSR count). The number of hydrogen-bond donors (Lipinski definition) is 2. The zero-order valence-electron chi connectivity index (χ0n) is 14.7. The molecule has 2 saturated carbocycles. The highest BCUT2D eigenvalue weighted by molar-refractivity contribution is 6.30. The fraction of sp³-hybridized carbons (Fsp3) is 0.650. The number of benzene rings is 1. The molecule has 1 aliphatic heterocycles. The van der Waals surface area contributed by atoms with Crippen molar-refractivity contribution in [3.05, 3.63) is 34.9 Å². The Morgan fingerprint density at radius 1 is 1.28 bits per heavy atom. The molecule has 1 heterocycles. The van der Waals surface area contributed by atoms with E-state index in [1.165, 1.54) is 31.2 Å². The van der Waals surface area contributed by atoms with E-state index in [1.54, 1.807) is 0 Å². The average Bonchev–Trinajstić information content (AvgIpc) is 3.32. The minimum Gasteiger partial charge on any atom is -0.354 e. The third kappa shape index (κ3) is 3.44. The molecule has 5 atom stereocenters. The summed E-state index contributed by atoms with van der Waals surface area (Å²) in [4.78, 5) is 15.3. The van der Waals surface area contributed by atoms with E-state index >= 15 is 0 Å². The summed E-state index contributed by atoms with van der Waals surface area (Å²) in [6.07, 6.45) is 5.96. The van der Waals surface area contributed by atoms with Gasteiger partial charge in [-0.1, -0.05) is 23.7 Å². The van der Waals surface area contributed by atoms with Crippen molar-refractivity contribution in [3.8, 4) is 0 Å². The van der Waals surface area contributed by atoms with Crippen LogP contribution in [0.15, 0.2) is 24.3 Å². The summed E-state index contributed by atoms with van der Waals surface area (Å²) in [5, 5.41) is 3.98. The quantitative estimate of drug-likeness (QED) is 0.847. The summed E-state index contributed by atoms with van der Waals surface area (Å²) in [5.41, 5.74) is 7.52. The van der Waals surface area contributed by atoms with Gasteiger partial charge in [0.2, 0.25) is 5.91 Å². The van der Waals surface area contributed by atoms with Gasteiger partial charge in [0.25, 0.3) is 0 Å². The molecule has 1 aromatic rings. The molecule has 0 spiro atoms. The Morgan fingerprint density at radius 2 is 2.04 bits per heavy atom. The van der Waals surface area contributed by atoms with Crippen molar-refractivity contribution in [3.63, 3.8) is 0 Å². The standard InChI is InChI=1S/C20H28ClN3O/c21-16-5-3-4-13(11-16)17(24-8-1-2-9-24)12-23-20(25)18-14-6-7-15(10-14)19(18)22/h3-5,11,14-15,17-19H,1-2,6-10,12,22H2,(H,23,25). The van der Waals surface area contributed by atoms with Crippen LogP contribution in [0.3, 0.4) is 0 Å². The highest BCUT2D eigenvalue weighted by atomic mass is 35.5. The molecule has 0 radical (unpaired) electrons. The second-order valence-electron chi connectivity index (χ2n) is 8.00. The van der Waals surface area contributed by atoms with Gasteiger partial charge in [-0.2, -0.15) is 0 Å².